The minimum Gasteiger partial charge on any atom is -0.497 e. The Balaban J connectivity index is 1.60. The minimum atomic E-state index is -0.135. The van der Waals surface area contributed by atoms with Gasteiger partial charge in [-0.1, -0.05) is 0 Å². The predicted molar refractivity (Wildman–Crippen MR) is 110 cm³/mol. The Hall–Kier alpha value is -3.48. The van der Waals surface area contributed by atoms with E-state index in [2.05, 4.69) is 10.3 Å². The molecule has 0 aliphatic rings. The van der Waals surface area contributed by atoms with Crippen molar-refractivity contribution in [1.82, 2.24) is 4.98 Å². The average molecular weight is 396 g/mol. The number of aromatic nitrogens is 1. The number of rotatable bonds is 8. The van der Waals surface area contributed by atoms with E-state index in [1.807, 2.05) is 37.3 Å². The third-order valence-electron chi connectivity index (χ3n) is 4.50. The topological polar surface area (TPSA) is 82.8 Å². The first-order valence-electron chi connectivity index (χ1n) is 9.15. The van der Waals surface area contributed by atoms with Crippen LogP contribution in [-0.4, -0.2) is 32.2 Å². The number of nitrogens with one attached hydrogen (secondary N) is 1. The summed E-state index contributed by atoms with van der Waals surface area (Å²) in [4.78, 5) is 16.6. The molecule has 1 heterocycles. The smallest absolute Gasteiger partial charge is 0.224 e. The van der Waals surface area contributed by atoms with Crippen LogP contribution in [0.4, 0.5) is 5.69 Å². The van der Waals surface area contributed by atoms with Gasteiger partial charge in [-0.25, -0.2) is 4.98 Å². The Morgan fingerprint density at radius 1 is 1.03 bits per heavy atom. The maximum absolute atomic E-state index is 12.4. The first-order chi connectivity index (χ1) is 14.0. The number of methoxy groups -OCH3 is 3. The van der Waals surface area contributed by atoms with E-state index in [0.717, 1.165) is 16.9 Å². The number of carbonyl (C=O) groups is 1. The van der Waals surface area contributed by atoms with Crippen molar-refractivity contribution in [3.05, 3.63) is 54.0 Å². The number of carbonyl (C=O) groups excluding carboxylic acids is 1. The lowest BCUT2D eigenvalue weighted by molar-refractivity contribution is -0.116. The lowest BCUT2D eigenvalue weighted by Crippen LogP contribution is -2.13. The molecule has 0 aliphatic heterocycles. The van der Waals surface area contributed by atoms with E-state index in [-0.39, 0.29) is 12.3 Å². The molecule has 0 saturated heterocycles. The molecule has 1 N–H and O–H groups in total. The van der Waals surface area contributed by atoms with Gasteiger partial charge in [0.2, 0.25) is 5.91 Å². The van der Waals surface area contributed by atoms with Gasteiger partial charge in [-0.3, -0.25) is 4.79 Å². The molecule has 1 amide bonds. The molecule has 0 bridgehead atoms. The highest BCUT2D eigenvalue weighted by Crippen LogP contribution is 2.33. The quantitative estimate of drug-likeness (QED) is 0.613. The molecule has 3 rings (SSSR count). The van der Waals surface area contributed by atoms with Crippen LogP contribution in [0.5, 0.6) is 17.2 Å². The van der Waals surface area contributed by atoms with Crippen molar-refractivity contribution in [1.29, 1.82) is 0 Å². The number of aryl methyl sites for hydroxylation is 2. The summed E-state index contributed by atoms with van der Waals surface area (Å²) in [6, 6.07) is 11.1. The van der Waals surface area contributed by atoms with E-state index < -0.39 is 0 Å². The van der Waals surface area contributed by atoms with Crippen LogP contribution in [-0.2, 0) is 11.2 Å². The first-order valence-corrected chi connectivity index (χ1v) is 9.15. The Bertz CT molecular complexity index is 979. The van der Waals surface area contributed by atoms with Crippen LogP contribution in [0.15, 0.2) is 47.0 Å². The molecule has 1 aromatic heterocycles. The summed E-state index contributed by atoms with van der Waals surface area (Å²) < 4.78 is 21.5. The molecule has 3 aromatic rings. The fourth-order valence-corrected chi connectivity index (χ4v) is 2.86. The summed E-state index contributed by atoms with van der Waals surface area (Å²) in [6.45, 7) is 1.90. The molecule has 0 aliphatic carbocycles. The van der Waals surface area contributed by atoms with E-state index in [1.54, 1.807) is 33.6 Å². The van der Waals surface area contributed by atoms with Gasteiger partial charge in [-0.05, 0) is 42.8 Å². The van der Waals surface area contributed by atoms with Gasteiger partial charge in [0, 0.05) is 30.2 Å². The lowest BCUT2D eigenvalue weighted by Gasteiger charge is -2.13. The number of nitrogens with zero attached hydrogens (tertiary/aromatic N) is 1. The molecule has 29 heavy (non-hydrogen) atoms. The van der Waals surface area contributed by atoms with Crippen LogP contribution in [0.3, 0.4) is 0 Å². The predicted octanol–water partition coefficient (Wildman–Crippen LogP) is 4.25. The number of anilines is 1. The van der Waals surface area contributed by atoms with Gasteiger partial charge >= 0.3 is 0 Å². The van der Waals surface area contributed by atoms with Crippen molar-refractivity contribution >= 4 is 11.6 Å². The van der Waals surface area contributed by atoms with E-state index >= 15 is 0 Å². The Kier molecular flexibility index (Phi) is 6.39. The molecule has 152 valence electrons. The Morgan fingerprint density at radius 2 is 1.72 bits per heavy atom. The highest BCUT2D eigenvalue weighted by Gasteiger charge is 2.13. The summed E-state index contributed by atoms with van der Waals surface area (Å²) in [7, 11) is 4.75. The number of amides is 1. The molecule has 0 unspecified atom stereocenters. The summed E-state index contributed by atoms with van der Waals surface area (Å²) in [5.74, 6) is 2.98. The number of ether oxygens (including phenoxy) is 3. The molecule has 7 heteroatoms. The zero-order valence-electron chi connectivity index (χ0n) is 16.9. The molecule has 0 radical (unpaired) electrons. The normalized spacial score (nSPS) is 10.5. The monoisotopic (exact) mass is 396 g/mol. The van der Waals surface area contributed by atoms with Gasteiger partial charge in [0.15, 0.2) is 23.1 Å². The second-order valence-electron chi connectivity index (χ2n) is 6.42. The molecular formula is C22H24N2O5. The van der Waals surface area contributed by atoms with Gasteiger partial charge in [0.05, 0.1) is 27.5 Å². The fraction of sp³-hybridized carbons (Fsp3) is 0.273. The zero-order valence-corrected chi connectivity index (χ0v) is 16.9. The standard InChI is InChI=1S/C22H24N2O5/c1-14-11-18(27-3)19(28-4)12-17(14)24-21(25)9-10-22-23-13-20(29-22)15-5-7-16(26-2)8-6-15/h5-8,11-13H,9-10H2,1-4H3,(H,24,25). The van der Waals surface area contributed by atoms with Crippen LogP contribution in [0, 0.1) is 6.92 Å². The molecule has 0 fully saturated rings. The van der Waals surface area contributed by atoms with Crippen molar-refractivity contribution < 1.29 is 23.4 Å². The third-order valence-corrected chi connectivity index (χ3v) is 4.50. The lowest BCUT2D eigenvalue weighted by atomic mass is 10.1. The van der Waals surface area contributed by atoms with Crippen molar-refractivity contribution in [3.8, 4) is 28.6 Å². The highest BCUT2D eigenvalue weighted by molar-refractivity contribution is 5.92. The van der Waals surface area contributed by atoms with Gasteiger partial charge in [-0.15, -0.1) is 0 Å². The maximum Gasteiger partial charge on any atom is 0.224 e. The van der Waals surface area contributed by atoms with E-state index in [0.29, 0.717) is 35.3 Å². The van der Waals surface area contributed by atoms with Crippen LogP contribution in [0.1, 0.15) is 17.9 Å². The minimum absolute atomic E-state index is 0.135. The number of benzene rings is 2. The van der Waals surface area contributed by atoms with E-state index in [4.69, 9.17) is 18.6 Å². The molecule has 2 aromatic carbocycles. The van der Waals surface area contributed by atoms with Gasteiger partial charge in [-0.2, -0.15) is 0 Å². The molecular weight excluding hydrogens is 372 g/mol. The number of hydrogen-bond donors (Lipinski definition) is 1. The van der Waals surface area contributed by atoms with E-state index in [1.165, 1.54) is 0 Å². The van der Waals surface area contributed by atoms with Crippen LogP contribution in [0.2, 0.25) is 0 Å². The summed E-state index contributed by atoms with van der Waals surface area (Å²) >= 11 is 0. The largest absolute Gasteiger partial charge is 0.497 e. The fourth-order valence-electron chi connectivity index (χ4n) is 2.86. The Labute approximate surface area is 169 Å². The van der Waals surface area contributed by atoms with Gasteiger partial charge in [0.1, 0.15) is 5.75 Å². The van der Waals surface area contributed by atoms with Gasteiger partial charge in [0.25, 0.3) is 0 Å². The van der Waals surface area contributed by atoms with Crippen LogP contribution in [0.25, 0.3) is 11.3 Å². The maximum atomic E-state index is 12.4. The molecule has 7 nitrogen and oxygen atoms in total. The van der Waals surface area contributed by atoms with Crippen LogP contribution >= 0.6 is 0 Å². The SMILES string of the molecule is COc1ccc(-c2cnc(CCC(=O)Nc3cc(OC)c(OC)cc3C)o2)cc1. The average Bonchev–Trinajstić information content (AvgIpc) is 3.22. The second-order valence-corrected chi connectivity index (χ2v) is 6.42. The zero-order chi connectivity index (χ0) is 20.8. The number of oxazole rings is 1. The van der Waals surface area contributed by atoms with E-state index in [9.17, 15) is 4.79 Å². The van der Waals surface area contributed by atoms with Crippen molar-refractivity contribution in [2.45, 2.75) is 19.8 Å². The number of hydrogen-bond acceptors (Lipinski definition) is 6. The summed E-state index contributed by atoms with van der Waals surface area (Å²) in [6.07, 6.45) is 2.30. The molecule has 0 atom stereocenters. The van der Waals surface area contributed by atoms with Crippen molar-refractivity contribution in [2.24, 2.45) is 0 Å². The molecule has 0 spiro atoms. The highest BCUT2D eigenvalue weighted by atomic mass is 16.5. The third kappa shape index (κ3) is 4.87. The molecule has 0 saturated carbocycles. The summed E-state index contributed by atoms with van der Waals surface area (Å²) in [5, 5.41) is 2.90. The van der Waals surface area contributed by atoms with Gasteiger partial charge < -0.3 is 23.9 Å². The van der Waals surface area contributed by atoms with Crippen molar-refractivity contribution in [3.63, 3.8) is 0 Å². The summed E-state index contributed by atoms with van der Waals surface area (Å²) in [5.41, 5.74) is 2.46. The second kappa shape index (κ2) is 9.14. The van der Waals surface area contributed by atoms with Crippen molar-refractivity contribution in [2.75, 3.05) is 26.6 Å². The Morgan fingerprint density at radius 3 is 2.38 bits per heavy atom. The first kappa shape index (κ1) is 20.3. The van der Waals surface area contributed by atoms with Crippen LogP contribution < -0.4 is 19.5 Å².